The zero-order chi connectivity index (χ0) is 22.9. The highest BCUT2D eigenvalue weighted by atomic mass is 32.2. The van der Waals surface area contributed by atoms with Crippen LogP contribution in [-0.4, -0.2) is 27.4 Å². The van der Waals surface area contributed by atoms with Crippen LogP contribution in [0.2, 0.25) is 0 Å². The van der Waals surface area contributed by atoms with E-state index in [2.05, 4.69) is 14.8 Å². The first-order valence-corrected chi connectivity index (χ1v) is 11.2. The summed E-state index contributed by atoms with van der Waals surface area (Å²) in [4.78, 5) is 24.0. The normalized spacial score (nSPS) is 14.1. The Morgan fingerprint density at radius 2 is 1.69 bits per heavy atom. The summed E-state index contributed by atoms with van der Waals surface area (Å²) in [6, 6.07) is 18.0. The van der Waals surface area contributed by atoms with Crippen LogP contribution in [0.15, 0.2) is 71.6 Å². The molecule has 0 unspecified atom stereocenters. The van der Waals surface area contributed by atoms with E-state index in [4.69, 9.17) is 0 Å². The molecule has 4 rings (SSSR count). The van der Waals surface area contributed by atoms with Gasteiger partial charge in [-0.1, -0.05) is 29.8 Å². The molecule has 162 valence electrons. The lowest BCUT2D eigenvalue weighted by molar-refractivity contribution is -0.110. The molecule has 0 aliphatic carbocycles. The van der Waals surface area contributed by atoms with Gasteiger partial charge >= 0.3 is 5.97 Å². The second-order valence-corrected chi connectivity index (χ2v) is 8.99. The second-order valence-electron chi connectivity index (χ2n) is 7.30. The summed E-state index contributed by atoms with van der Waals surface area (Å²) in [5.74, 6) is -0.801. The van der Waals surface area contributed by atoms with E-state index in [1.54, 1.807) is 12.1 Å². The van der Waals surface area contributed by atoms with Crippen LogP contribution in [0.3, 0.4) is 0 Å². The molecule has 0 atom stereocenters. The fourth-order valence-electron chi connectivity index (χ4n) is 3.31. The van der Waals surface area contributed by atoms with Crippen molar-refractivity contribution in [2.45, 2.75) is 11.8 Å². The van der Waals surface area contributed by atoms with Crippen molar-refractivity contribution in [1.82, 2.24) is 0 Å². The lowest BCUT2D eigenvalue weighted by atomic mass is 10.0. The van der Waals surface area contributed by atoms with Gasteiger partial charge < -0.3 is 10.1 Å². The molecular formula is C24H20N2O5S. The maximum Gasteiger partial charge on any atom is 0.337 e. The minimum atomic E-state index is -3.93. The number of fused-ring (bicyclic) bond motifs is 1. The number of carbonyl (C=O) groups excluding carboxylic acids is 2. The van der Waals surface area contributed by atoms with E-state index in [0.29, 0.717) is 28.1 Å². The maximum atomic E-state index is 12.9. The standard InChI is InChI=1S/C24H20N2O5S/c1-15-3-5-16(6-4-15)13-21-20-14-19(11-12-22(20)25-23(21)27)32(29,30)26-18-9-7-17(8-10-18)24(28)31-2/h3-14,26H,1-2H3,(H,25,27). The minimum absolute atomic E-state index is 0.0135. The Balaban J connectivity index is 1.64. The lowest BCUT2D eigenvalue weighted by Gasteiger charge is -2.10. The fraction of sp³-hybridized carbons (Fsp3) is 0.0833. The number of rotatable bonds is 5. The summed E-state index contributed by atoms with van der Waals surface area (Å²) in [6.07, 6.45) is 1.73. The van der Waals surface area contributed by atoms with Crippen LogP contribution < -0.4 is 10.0 Å². The molecule has 32 heavy (non-hydrogen) atoms. The number of benzene rings is 3. The third kappa shape index (κ3) is 4.26. The van der Waals surface area contributed by atoms with Crippen LogP contribution in [0.5, 0.6) is 0 Å². The number of ether oxygens (including phenoxy) is 1. The molecule has 0 fully saturated rings. The number of esters is 1. The number of hydrogen-bond acceptors (Lipinski definition) is 5. The van der Waals surface area contributed by atoms with Crippen molar-refractivity contribution < 1.29 is 22.7 Å². The third-order valence-corrected chi connectivity index (χ3v) is 6.41. The van der Waals surface area contributed by atoms with Gasteiger partial charge in [0.1, 0.15) is 0 Å². The van der Waals surface area contributed by atoms with Crippen LogP contribution >= 0.6 is 0 Å². The van der Waals surface area contributed by atoms with Gasteiger partial charge in [0.2, 0.25) is 0 Å². The Morgan fingerprint density at radius 1 is 1.00 bits per heavy atom. The van der Waals surface area contributed by atoms with Gasteiger partial charge in [-0.2, -0.15) is 0 Å². The third-order valence-electron chi connectivity index (χ3n) is 5.03. The lowest BCUT2D eigenvalue weighted by Crippen LogP contribution is -2.13. The quantitative estimate of drug-likeness (QED) is 0.452. The van der Waals surface area contributed by atoms with E-state index in [0.717, 1.165) is 11.1 Å². The van der Waals surface area contributed by atoms with Crippen LogP contribution in [-0.2, 0) is 19.6 Å². The Kier molecular flexibility index (Phi) is 5.54. The van der Waals surface area contributed by atoms with Crippen molar-refractivity contribution >= 4 is 44.9 Å². The monoisotopic (exact) mass is 448 g/mol. The number of nitrogens with one attached hydrogen (secondary N) is 2. The van der Waals surface area contributed by atoms with E-state index in [1.807, 2.05) is 31.2 Å². The first-order chi connectivity index (χ1) is 15.3. The largest absolute Gasteiger partial charge is 0.465 e. The molecule has 1 aliphatic heterocycles. The molecule has 2 N–H and O–H groups in total. The Morgan fingerprint density at radius 3 is 2.34 bits per heavy atom. The van der Waals surface area contributed by atoms with E-state index in [-0.39, 0.29) is 10.8 Å². The second kappa shape index (κ2) is 8.32. The van der Waals surface area contributed by atoms with E-state index in [1.165, 1.54) is 43.5 Å². The van der Waals surface area contributed by atoms with Gasteiger partial charge in [-0.3, -0.25) is 9.52 Å². The van der Waals surface area contributed by atoms with Gasteiger partial charge in [-0.05, 0) is 61.0 Å². The summed E-state index contributed by atoms with van der Waals surface area (Å²) < 4.78 is 33.0. The minimum Gasteiger partial charge on any atom is -0.465 e. The molecule has 0 saturated heterocycles. The molecule has 7 nitrogen and oxygen atoms in total. The van der Waals surface area contributed by atoms with Crippen molar-refractivity contribution in [2.24, 2.45) is 0 Å². The number of anilines is 2. The molecule has 0 radical (unpaired) electrons. The highest BCUT2D eigenvalue weighted by molar-refractivity contribution is 7.92. The van der Waals surface area contributed by atoms with Crippen molar-refractivity contribution in [2.75, 3.05) is 17.1 Å². The Labute approximate surface area is 185 Å². The summed E-state index contributed by atoms with van der Waals surface area (Å²) >= 11 is 0. The number of methoxy groups -OCH3 is 1. The number of amides is 1. The molecular weight excluding hydrogens is 428 g/mol. The first kappa shape index (κ1) is 21.3. The van der Waals surface area contributed by atoms with Gasteiger partial charge in [0.15, 0.2) is 0 Å². The van der Waals surface area contributed by atoms with Crippen molar-refractivity contribution in [3.05, 3.63) is 89.0 Å². The predicted molar refractivity (Wildman–Crippen MR) is 123 cm³/mol. The van der Waals surface area contributed by atoms with Crippen LogP contribution in [0.4, 0.5) is 11.4 Å². The zero-order valence-electron chi connectivity index (χ0n) is 17.4. The first-order valence-electron chi connectivity index (χ1n) is 9.72. The van der Waals surface area contributed by atoms with Crippen LogP contribution in [0.1, 0.15) is 27.0 Å². The molecule has 3 aromatic rings. The van der Waals surface area contributed by atoms with Gasteiger partial charge in [0.05, 0.1) is 17.6 Å². The molecule has 8 heteroatoms. The summed E-state index contributed by atoms with van der Waals surface area (Å²) in [5.41, 5.74) is 4.00. The average Bonchev–Trinajstić information content (AvgIpc) is 3.09. The number of hydrogen-bond donors (Lipinski definition) is 2. The molecule has 1 amide bonds. The van der Waals surface area contributed by atoms with Crippen molar-refractivity contribution in [1.29, 1.82) is 0 Å². The van der Waals surface area contributed by atoms with Crippen LogP contribution in [0, 0.1) is 6.92 Å². The average molecular weight is 449 g/mol. The predicted octanol–water partition coefficient (Wildman–Crippen LogP) is 4.08. The molecule has 1 heterocycles. The maximum absolute atomic E-state index is 12.9. The summed E-state index contributed by atoms with van der Waals surface area (Å²) in [7, 11) is -2.65. The van der Waals surface area contributed by atoms with Crippen molar-refractivity contribution in [3.8, 4) is 0 Å². The summed E-state index contributed by atoms with van der Waals surface area (Å²) in [5, 5.41) is 2.76. The highest BCUT2D eigenvalue weighted by Gasteiger charge is 2.26. The zero-order valence-corrected chi connectivity index (χ0v) is 18.2. The van der Waals surface area contributed by atoms with Gasteiger partial charge in [0.25, 0.3) is 15.9 Å². The Bertz CT molecular complexity index is 1340. The van der Waals surface area contributed by atoms with Gasteiger partial charge in [-0.25, -0.2) is 13.2 Å². The smallest absolute Gasteiger partial charge is 0.337 e. The molecule has 3 aromatic carbocycles. The van der Waals surface area contributed by atoms with Crippen molar-refractivity contribution in [3.63, 3.8) is 0 Å². The molecule has 0 saturated carbocycles. The van der Waals surface area contributed by atoms with Crippen LogP contribution in [0.25, 0.3) is 11.6 Å². The SMILES string of the molecule is COC(=O)c1ccc(NS(=O)(=O)c2ccc3c(c2)C(=Cc2ccc(C)cc2)C(=O)N3)cc1. The number of aryl methyl sites for hydroxylation is 1. The highest BCUT2D eigenvalue weighted by Crippen LogP contribution is 2.35. The van der Waals surface area contributed by atoms with Gasteiger partial charge in [0, 0.05) is 22.5 Å². The van der Waals surface area contributed by atoms with E-state index >= 15 is 0 Å². The van der Waals surface area contributed by atoms with E-state index in [9.17, 15) is 18.0 Å². The molecule has 0 aromatic heterocycles. The molecule has 0 bridgehead atoms. The van der Waals surface area contributed by atoms with E-state index < -0.39 is 16.0 Å². The number of sulfonamides is 1. The Hall–Kier alpha value is -3.91. The summed E-state index contributed by atoms with van der Waals surface area (Å²) in [6.45, 7) is 1.97. The topological polar surface area (TPSA) is 102 Å². The molecule has 1 aliphatic rings. The number of carbonyl (C=O) groups is 2. The van der Waals surface area contributed by atoms with Gasteiger partial charge in [-0.15, -0.1) is 0 Å². The molecule has 0 spiro atoms. The fourth-order valence-corrected chi connectivity index (χ4v) is 4.40.